The number of ether oxygens (including phenoxy) is 1. The van der Waals surface area contributed by atoms with Gasteiger partial charge in [-0.3, -0.25) is 9.59 Å². The van der Waals surface area contributed by atoms with E-state index in [4.69, 9.17) is 4.74 Å². The summed E-state index contributed by atoms with van der Waals surface area (Å²) in [4.78, 5) is 55.6. The molecule has 0 unspecified atom stereocenters. The van der Waals surface area contributed by atoms with E-state index in [0.29, 0.717) is 53.0 Å². The van der Waals surface area contributed by atoms with Gasteiger partial charge >= 0.3 is 11.9 Å². The molecule has 0 aromatic heterocycles. The second-order valence-electron chi connectivity index (χ2n) is 17.8. The second kappa shape index (κ2) is 21.2. The van der Waals surface area contributed by atoms with E-state index in [1.165, 1.54) is 38.5 Å². The second-order valence-corrected chi connectivity index (χ2v) is 17.8. The van der Waals surface area contributed by atoms with Crippen LogP contribution in [0.25, 0.3) is 0 Å². The molecule has 9 heteroatoms. The predicted octanol–water partition coefficient (Wildman–Crippen LogP) is 12.8. The lowest BCUT2D eigenvalue weighted by molar-refractivity contribution is -0.438. The molecule has 3 aromatic rings. The quantitative estimate of drug-likeness (QED) is 0.0418. The number of carboxylic acids is 2. The monoisotopic (exact) mass is 867 g/mol. The van der Waals surface area contributed by atoms with Crippen LogP contribution in [0.5, 0.6) is 0 Å². The van der Waals surface area contributed by atoms with E-state index >= 15 is 0 Å². The maximum atomic E-state index is 14.5. The van der Waals surface area contributed by atoms with Crippen molar-refractivity contribution in [3.05, 3.63) is 140 Å². The molecule has 0 bridgehead atoms. The number of Topliss-reactive ketones (excluding diaryl/α,β-unsaturated/α-hetero) is 2. The van der Waals surface area contributed by atoms with E-state index in [-0.39, 0.29) is 28.3 Å². The van der Waals surface area contributed by atoms with Crippen LogP contribution in [0.2, 0.25) is 0 Å². The highest BCUT2D eigenvalue weighted by molar-refractivity contribution is 6.40. The van der Waals surface area contributed by atoms with Crippen molar-refractivity contribution >= 4 is 40.6 Å². The van der Waals surface area contributed by atoms with Gasteiger partial charge in [0.25, 0.3) is 0 Å². The number of carboxylic acid groups (broad SMARTS) is 2. The van der Waals surface area contributed by atoms with Gasteiger partial charge < -0.3 is 19.8 Å². The number of allylic oxidation sites excluding steroid dienone is 6. The number of methoxy groups -OCH3 is 1. The third-order valence-electron chi connectivity index (χ3n) is 13.3. The number of hydrogen-bond acceptors (Lipinski definition) is 6. The van der Waals surface area contributed by atoms with Crippen LogP contribution in [0.15, 0.2) is 107 Å². The number of nitrogens with zero attached hydrogens (tertiary/aromatic N) is 2. The van der Waals surface area contributed by atoms with Crippen molar-refractivity contribution < 1.29 is 38.7 Å². The van der Waals surface area contributed by atoms with Crippen molar-refractivity contribution in [2.24, 2.45) is 0 Å². The third kappa shape index (κ3) is 9.64. The van der Waals surface area contributed by atoms with Crippen molar-refractivity contribution in [2.75, 3.05) is 25.1 Å². The molecule has 6 rings (SSSR count). The van der Waals surface area contributed by atoms with Gasteiger partial charge in [-0.25, -0.2) is 9.59 Å². The van der Waals surface area contributed by atoms with Crippen LogP contribution in [0.3, 0.4) is 0 Å². The van der Waals surface area contributed by atoms with Gasteiger partial charge in [-0.05, 0) is 81.5 Å². The molecule has 0 atom stereocenters. The fourth-order valence-corrected chi connectivity index (χ4v) is 9.67. The molecule has 1 aliphatic heterocycles. The van der Waals surface area contributed by atoms with Gasteiger partial charge in [-0.15, -0.1) is 0 Å². The zero-order valence-electron chi connectivity index (χ0n) is 39.1. The predicted molar refractivity (Wildman–Crippen MR) is 256 cm³/mol. The first-order chi connectivity index (χ1) is 30.8. The van der Waals surface area contributed by atoms with Crippen LogP contribution in [0, 0.1) is 0 Å². The van der Waals surface area contributed by atoms with Gasteiger partial charge in [0.15, 0.2) is 17.3 Å². The highest BCUT2D eigenvalue weighted by Gasteiger charge is 2.48. The molecule has 9 nitrogen and oxygen atoms in total. The Morgan fingerprint density at radius 1 is 0.734 bits per heavy atom. The van der Waals surface area contributed by atoms with Crippen LogP contribution in [-0.4, -0.2) is 64.2 Å². The average molecular weight is 868 g/mol. The minimum atomic E-state index is -0.987. The van der Waals surface area contributed by atoms with Crippen molar-refractivity contribution in [3.8, 4) is 0 Å². The summed E-state index contributed by atoms with van der Waals surface area (Å²) in [5.41, 5.74) is 8.15. The fraction of sp³-hybridized carbons (Fsp3) is 0.436. The first kappa shape index (κ1) is 47.6. The van der Waals surface area contributed by atoms with Gasteiger partial charge in [-0.1, -0.05) is 110 Å². The van der Waals surface area contributed by atoms with Gasteiger partial charge in [0.1, 0.15) is 12.3 Å². The third-order valence-corrected chi connectivity index (χ3v) is 13.3. The lowest BCUT2D eigenvalue weighted by Crippen LogP contribution is -2.31. The molecular weight excluding hydrogens is 801 g/mol. The van der Waals surface area contributed by atoms with Crippen LogP contribution in [0.1, 0.15) is 178 Å². The molecule has 3 aromatic carbocycles. The van der Waals surface area contributed by atoms with E-state index < -0.39 is 17.4 Å². The zero-order valence-corrected chi connectivity index (χ0v) is 39.1. The lowest BCUT2D eigenvalue weighted by atomic mass is 9.74. The van der Waals surface area contributed by atoms with Gasteiger partial charge in [-0.2, -0.15) is 4.58 Å². The SMILES string of the molecule is CCCCCCCCN(/C(=C/C1=C(OC)C(=C\C2=[N+](CCCCCCCC)c3ccc(C(=O)O)cc3C2(C)C)/C1=C1C(=O)c2ccccc2C1=O)CC)c1ccc(C(=O)O)cc1CC. The molecule has 2 N–H and O–H groups in total. The zero-order chi connectivity index (χ0) is 46.1. The smallest absolute Gasteiger partial charge is 0.335 e. The summed E-state index contributed by atoms with van der Waals surface area (Å²) in [6.07, 6.45) is 18.7. The first-order valence-corrected chi connectivity index (χ1v) is 23.6. The van der Waals surface area contributed by atoms with Crippen molar-refractivity contribution in [2.45, 2.75) is 137 Å². The molecule has 0 amide bonds. The Balaban J connectivity index is 1.56. The fourth-order valence-electron chi connectivity index (χ4n) is 9.67. The number of anilines is 1. The number of aromatic carboxylic acids is 2. The Kier molecular flexibility index (Phi) is 15.8. The molecule has 64 heavy (non-hydrogen) atoms. The molecule has 0 saturated heterocycles. The molecule has 338 valence electrons. The topological polar surface area (TPSA) is 124 Å². The number of rotatable bonds is 23. The van der Waals surface area contributed by atoms with Crippen molar-refractivity contribution in [1.82, 2.24) is 0 Å². The maximum absolute atomic E-state index is 14.5. The van der Waals surface area contributed by atoms with Gasteiger partial charge in [0.05, 0.1) is 29.2 Å². The highest BCUT2D eigenvalue weighted by Crippen LogP contribution is 2.49. The minimum Gasteiger partial charge on any atom is -0.495 e. The highest BCUT2D eigenvalue weighted by atomic mass is 16.5. The van der Waals surface area contributed by atoms with Crippen LogP contribution < -0.4 is 4.90 Å². The Morgan fingerprint density at radius 3 is 1.89 bits per heavy atom. The summed E-state index contributed by atoms with van der Waals surface area (Å²) in [6.45, 7) is 14.2. The summed E-state index contributed by atoms with van der Waals surface area (Å²) in [5.74, 6) is -2.04. The van der Waals surface area contributed by atoms with E-state index in [0.717, 1.165) is 79.0 Å². The number of fused-ring (bicyclic) bond motifs is 2. The number of carbonyl (C=O) groups is 4. The number of ketones is 2. The summed E-state index contributed by atoms with van der Waals surface area (Å²) >= 11 is 0. The molecule has 2 aliphatic carbocycles. The minimum absolute atomic E-state index is 0.113. The Bertz CT molecular complexity index is 2420. The van der Waals surface area contributed by atoms with E-state index in [2.05, 4.69) is 56.2 Å². The molecule has 0 fully saturated rings. The van der Waals surface area contributed by atoms with Crippen LogP contribution >= 0.6 is 0 Å². The Hall–Kier alpha value is -5.83. The van der Waals surface area contributed by atoms with Crippen molar-refractivity contribution in [3.63, 3.8) is 0 Å². The molecular formula is C55H67N2O7+. The number of aryl methyl sites for hydroxylation is 1. The summed E-state index contributed by atoms with van der Waals surface area (Å²) in [5, 5.41) is 19.9. The number of benzene rings is 3. The van der Waals surface area contributed by atoms with E-state index in [9.17, 15) is 29.4 Å². The van der Waals surface area contributed by atoms with Crippen molar-refractivity contribution in [1.29, 1.82) is 0 Å². The maximum Gasteiger partial charge on any atom is 0.335 e. The average Bonchev–Trinajstić information content (AvgIpc) is 3.65. The first-order valence-electron chi connectivity index (χ1n) is 23.6. The van der Waals surface area contributed by atoms with Gasteiger partial charge in [0, 0.05) is 69.9 Å². The molecule has 3 aliphatic rings. The van der Waals surface area contributed by atoms with Gasteiger partial charge in [0.2, 0.25) is 5.69 Å². The van der Waals surface area contributed by atoms with E-state index in [1.807, 2.05) is 19.1 Å². The van der Waals surface area contributed by atoms with E-state index in [1.54, 1.807) is 55.6 Å². The summed E-state index contributed by atoms with van der Waals surface area (Å²) in [6, 6.07) is 17.7. The van der Waals surface area contributed by atoms with Crippen LogP contribution in [0.4, 0.5) is 11.4 Å². The number of unbranched alkanes of at least 4 members (excludes halogenated alkanes) is 10. The Labute approximate surface area is 379 Å². The number of hydrogen-bond donors (Lipinski definition) is 2. The molecule has 1 heterocycles. The summed E-state index contributed by atoms with van der Waals surface area (Å²) in [7, 11) is 1.62. The largest absolute Gasteiger partial charge is 0.495 e. The van der Waals surface area contributed by atoms with Crippen LogP contribution in [-0.2, 0) is 16.6 Å². The molecule has 0 spiro atoms. The molecule has 0 radical (unpaired) electrons. The molecule has 0 saturated carbocycles. The number of carbonyl (C=O) groups excluding carboxylic acids is 2. The lowest BCUT2D eigenvalue weighted by Gasteiger charge is -2.33. The normalized spacial score (nSPS) is 16.2. The summed E-state index contributed by atoms with van der Waals surface area (Å²) < 4.78 is 8.59. The standard InChI is InChI=1S/C55H66N2O7/c1-8-12-14-16-18-22-30-56(45-28-26-37(53(60)61)32-36(45)10-3)39(11-4)34-42-48(49-50(58)40-24-20-21-25-41(40)51(49)59)43(52(42)64-7)35-47-55(5,6)44-33-38(54(62)63)27-29-46(44)57(47)31-23-19-17-15-13-9-2/h20-21,24-29,32-35H,8-19,22-23,30-31H2,1-7H3,(H-,60,61,62,63)/p+1. The Morgan fingerprint density at radius 2 is 1.31 bits per heavy atom.